The predicted octanol–water partition coefficient (Wildman–Crippen LogP) is 2.78. The summed E-state index contributed by atoms with van der Waals surface area (Å²) < 4.78 is 5.58. The second kappa shape index (κ2) is 6.16. The van der Waals surface area contributed by atoms with Gasteiger partial charge in [0.1, 0.15) is 5.75 Å². The lowest BCUT2D eigenvalue weighted by Gasteiger charge is -2.28. The molecule has 1 saturated carbocycles. The molecule has 22 heavy (non-hydrogen) atoms. The number of fused-ring (bicyclic) bond motifs is 1. The smallest absolute Gasteiger partial charge is 0.306 e. The van der Waals surface area contributed by atoms with Gasteiger partial charge in [0.15, 0.2) is 0 Å². The van der Waals surface area contributed by atoms with Gasteiger partial charge in [0.25, 0.3) is 0 Å². The Morgan fingerprint density at radius 1 is 1.23 bits per heavy atom. The fourth-order valence-corrected chi connectivity index (χ4v) is 3.51. The van der Waals surface area contributed by atoms with Gasteiger partial charge in [-0.2, -0.15) is 0 Å². The number of benzene rings is 1. The quantitative estimate of drug-likeness (QED) is 0.897. The Balaban J connectivity index is 1.69. The Morgan fingerprint density at radius 3 is 2.73 bits per heavy atom. The summed E-state index contributed by atoms with van der Waals surface area (Å²) in [6.45, 7) is 0.504. The molecule has 0 spiro atoms. The number of hydrogen-bond donors (Lipinski definition) is 2. The first kappa shape index (κ1) is 15.2. The number of aliphatic carboxylic acids is 1. The van der Waals surface area contributed by atoms with Crippen LogP contribution in [0.3, 0.4) is 0 Å². The zero-order chi connectivity index (χ0) is 15.7. The van der Waals surface area contributed by atoms with Crippen LogP contribution in [-0.2, 0) is 9.59 Å². The molecular formula is C16H18ClNO4. The van der Waals surface area contributed by atoms with Crippen molar-refractivity contribution in [2.45, 2.75) is 31.7 Å². The molecule has 0 saturated heterocycles. The van der Waals surface area contributed by atoms with E-state index in [2.05, 4.69) is 5.32 Å². The van der Waals surface area contributed by atoms with Crippen molar-refractivity contribution in [1.82, 2.24) is 5.32 Å². The van der Waals surface area contributed by atoms with E-state index in [0.717, 1.165) is 5.56 Å². The number of hydrogen-bond acceptors (Lipinski definition) is 3. The second-order valence-corrected chi connectivity index (χ2v) is 6.31. The van der Waals surface area contributed by atoms with E-state index in [0.29, 0.717) is 43.1 Å². The van der Waals surface area contributed by atoms with Crippen LogP contribution in [0.15, 0.2) is 18.2 Å². The first-order chi connectivity index (χ1) is 10.6. The highest BCUT2D eigenvalue weighted by atomic mass is 35.5. The van der Waals surface area contributed by atoms with E-state index < -0.39 is 11.9 Å². The van der Waals surface area contributed by atoms with Gasteiger partial charge >= 0.3 is 5.97 Å². The van der Waals surface area contributed by atoms with Crippen molar-refractivity contribution in [3.8, 4) is 5.75 Å². The molecule has 1 aromatic rings. The van der Waals surface area contributed by atoms with Crippen LogP contribution in [0.2, 0.25) is 5.02 Å². The third-order valence-electron chi connectivity index (χ3n) is 4.49. The Hall–Kier alpha value is -1.75. The summed E-state index contributed by atoms with van der Waals surface area (Å²) in [6.07, 6.45) is 2.32. The molecule has 118 valence electrons. The minimum absolute atomic E-state index is 0.0680. The molecule has 0 bridgehead atoms. The van der Waals surface area contributed by atoms with E-state index in [1.165, 1.54) is 0 Å². The summed E-state index contributed by atoms with van der Waals surface area (Å²) in [5.74, 6) is -0.852. The molecule has 1 aliphatic heterocycles. The van der Waals surface area contributed by atoms with Crippen molar-refractivity contribution in [1.29, 1.82) is 0 Å². The van der Waals surface area contributed by atoms with Crippen molar-refractivity contribution >= 4 is 23.5 Å². The van der Waals surface area contributed by atoms with Gasteiger partial charge in [-0.15, -0.1) is 0 Å². The topological polar surface area (TPSA) is 75.6 Å². The van der Waals surface area contributed by atoms with Gasteiger partial charge in [0.2, 0.25) is 5.91 Å². The molecule has 0 radical (unpaired) electrons. The van der Waals surface area contributed by atoms with Crippen LogP contribution in [0, 0.1) is 11.8 Å². The predicted molar refractivity (Wildman–Crippen MR) is 80.9 cm³/mol. The van der Waals surface area contributed by atoms with Gasteiger partial charge < -0.3 is 15.2 Å². The molecule has 3 rings (SSSR count). The van der Waals surface area contributed by atoms with Crippen LogP contribution in [0.5, 0.6) is 5.75 Å². The van der Waals surface area contributed by atoms with Crippen LogP contribution in [0.4, 0.5) is 0 Å². The summed E-state index contributed by atoms with van der Waals surface area (Å²) in [4.78, 5) is 23.4. The van der Waals surface area contributed by atoms with E-state index in [9.17, 15) is 9.59 Å². The molecule has 1 aromatic carbocycles. The molecule has 2 N–H and O–H groups in total. The van der Waals surface area contributed by atoms with E-state index >= 15 is 0 Å². The average Bonchev–Trinajstić information content (AvgIpc) is 2.98. The largest absolute Gasteiger partial charge is 0.492 e. The van der Waals surface area contributed by atoms with Gasteiger partial charge in [0.05, 0.1) is 23.6 Å². The van der Waals surface area contributed by atoms with Crippen molar-refractivity contribution < 1.29 is 19.4 Å². The number of para-hydroxylation sites is 1. The summed E-state index contributed by atoms with van der Waals surface area (Å²) >= 11 is 6.12. The zero-order valence-corrected chi connectivity index (χ0v) is 12.8. The highest BCUT2D eigenvalue weighted by molar-refractivity contribution is 6.32. The fraction of sp³-hybridized carbons (Fsp3) is 0.500. The molecular weight excluding hydrogens is 306 g/mol. The van der Waals surface area contributed by atoms with Crippen LogP contribution in [0.1, 0.15) is 37.3 Å². The van der Waals surface area contributed by atoms with Crippen molar-refractivity contribution in [2.24, 2.45) is 11.8 Å². The number of carboxylic acid groups (broad SMARTS) is 1. The van der Waals surface area contributed by atoms with E-state index in [1.807, 2.05) is 12.1 Å². The molecule has 3 atom stereocenters. The number of halogens is 1. The Kier molecular flexibility index (Phi) is 4.25. The lowest BCUT2D eigenvalue weighted by molar-refractivity contribution is -0.141. The van der Waals surface area contributed by atoms with Gasteiger partial charge in [-0.1, -0.05) is 23.7 Å². The Bertz CT molecular complexity index is 604. The van der Waals surface area contributed by atoms with Crippen LogP contribution < -0.4 is 10.1 Å². The minimum Gasteiger partial charge on any atom is -0.492 e. The van der Waals surface area contributed by atoms with Gasteiger partial charge in [-0.3, -0.25) is 9.59 Å². The standard InChI is InChI=1S/C16H18ClNO4/c17-12-3-1-2-11-13(6-7-22-14(11)12)18-15(19)9-4-5-10(8-9)16(20)21/h1-3,9-10,13H,4-8H2,(H,18,19)(H,20,21)/t9-,10+,13?/m0/s1. The number of amides is 1. The zero-order valence-electron chi connectivity index (χ0n) is 12.0. The van der Waals surface area contributed by atoms with Crippen LogP contribution in [0.25, 0.3) is 0 Å². The first-order valence-electron chi connectivity index (χ1n) is 7.50. The number of carbonyl (C=O) groups is 2. The second-order valence-electron chi connectivity index (χ2n) is 5.90. The molecule has 5 nitrogen and oxygen atoms in total. The summed E-state index contributed by atoms with van der Waals surface area (Å²) in [7, 11) is 0. The fourth-order valence-electron chi connectivity index (χ4n) is 3.27. The molecule has 1 unspecified atom stereocenters. The molecule has 6 heteroatoms. The van der Waals surface area contributed by atoms with Crippen LogP contribution >= 0.6 is 11.6 Å². The maximum absolute atomic E-state index is 12.4. The monoisotopic (exact) mass is 323 g/mol. The van der Waals surface area contributed by atoms with Crippen LogP contribution in [-0.4, -0.2) is 23.6 Å². The normalized spacial score (nSPS) is 26.9. The molecule has 1 aliphatic carbocycles. The Morgan fingerprint density at radius 2 is 2.00 bits per heavy atom. The number of carboxylic acids is 1. The minimum atomic E-state index is -0.807. The SMILES string of the molecule is O=C(O)[C@@H]1CC[C@H](C(=O)NC2CCOc3c(Cl)cccc32)C1. The lowest BCUT2D eigenvalue weighted by Crippen LogP contribution is -2.35. The molecule has 1 heterocycles. The molecule has 0 aromatic heterocycles. The van der Waals surface area contributed by atoms with Gasteiger partial charge in [-0.25, -0.2) is 0 Å². The average molecular weight is 324 g/mol. The van der Waals surface area contributed by atoms with E-state index in [1.54, 1.807) is 6.07 Å². The maximum atomic E-state index is 12.4. The third kappa shape index (κ3) is 2.90. The number of carbonyl (C=O) groups excluding carboxylic acids is 1. The highest BCUT2D eigenvalue weighted by Crippen LogP contribution is 2.38. The Labute approximate surface area is 133 Å². The summed E-state index contributed by atoms with van der Waals surface area (Å²) in [5, 5.41) is 12.6. The number of rotatable bonds is 3. The van der Waals surface area contributed by atoms with E-state index in [4.69, 9.17) is 21.4 Å². The first-order valence-corrected chi connectivity index (χ1v) is 7.88. The number of ether oxygens (including phenoxy) is 1. The number of nitrogens with one attached hydrogen (secondary N) is 1. The van der Waals surface area contributed by atoms with Crippen molar-refractivity contribution in [3.63, 3.8) is 0 Å². The molecule has 1 amide bonds. The van der Waals surface area contributed by atoms with Gasteiger partial charge in [0, 0.05) is 17.9 Å². The highest BCUT2D eigenvalue weighted by Gasteiger charge is 2.35. The van der Waals surface area contributed by atoms with Crippen molar-refractivity contribution in [2.75, 3.05) is 6.61 Å². The van der Waals surface area contributed by atoms with E-state index in [-0.39, 0.29) is 17.9 Å². The maximum Gasteiger partial charge on any atom is 0.306 e. The third-order valence-corrected chi connectivity index (χ3v) is 4.79. The van der Waals surface area contributed by atoms with Crippen molar-refractivity contribution in [3.05, 3.63) is 28.8 Å². The molecule has 1 fully saturated rings. The summed E-state index contributed by atoms with van der Waals surface area (Å²) in [6, 6.07) is 5.38. The van der Waals surface area contributed by atoms with Gasteiger partial charge in [-0.05, 0) is 25.3 Å². The lowest BCUT2D eigenvalue weighted by atomic mass is 9.98. The summed E-state index contributed by atoms with van der Waals surface area (Å²) in [5.41, 5.74) is 0.889. The molecule has 2 aliphatic rings.